The predicted molar refractivity (Wildman–Crippen MR) is 107 cm³/mol. The van der Waals surface area contributed by atoms with E-state index in [2.05, 4.69) is 56.3 Å². The number of nitrogens with zero attached hydrogens (tertiary/aromatic N) is 1. The van der Waals surface area contributed by atoms with Crippen LogP contribution in [0.4, 0.5) is 0 Å². The molecule has 0 heterocycles. The van der Waals surface area contributed by atoms with Crippen LogP contribution in [0.15, 0.2) is 30.3 Å². The van der Waals surface area contributed by atoms with Crippen LogP contribution in [0.3, 0.4) is 0 Å². The van der Waals surface area contributed by atoms with Gasteiger partial charge in [-0.05, 0) is 113 Å². The lowest BCUT2D eigenvalue weighted by Gasteiger charge is -2.60. The fraction of sp³-hybridized carbons (Fsp3) is 0.750. The zero-order valence-corrected chi connectivity index (χ0v) is 16.6. The molecule has 0 aliphatic heterocycles. The van der Waals surface area contributed by atoms with Gasteiger partial charge >= 0.3 is 0 Å². The maximum atomic E-state index is 2.56. The molecule has 4 aliphatic rings. The van der Waals surface area contributed by atoms with Crippen molar-refractivity contribution in [3.63, 3.8) is 0 Å². The molecule has 0 radical (unpaired) electrons. The second kappa shape index (κ2) is 7.06. The zero-order chi connectivity index (χ0) is 17.4. The van der Waals surface area contributed by atoms with E-state index >= 15 is 0 Å². The molecule has 4 bridgehead atoms. The third-order valence-corrected chi connectivity index (χ3v) is 7.74. The Morgan fingerprint density at radius 1 is 0.960 bits per heavy atom. The first kappa shape index (κ1) is 17.6. The Morgan fingerprint density at radius 3 is 2.04 bits per heavy atom. The number of hydrogen-bond acceptors (Lipinski definition) is 1. The second-order valence-corrected chi connectivity index (χ2v) is 10.1. The largest absolute Gasteiger partial charge is 0.309 e. The molecule has 1 heteroatoms. The fourth-order valence-electron chi connectivity index (χ4n) is 7.40. The van der Waals surface area contributed by atoms with Crippen LogP contribution >= 0.6 is 0 Å². The van der Waals surface area contributed by atoms with Crippen LogP contribution in [0.2, 0.25) is 0 Å². The van der Waals surface area contributed by atoms with Crippen molar-refractivity contribution in [3.8, 4) is 0 Å². The highest BCUT2D eigenvalue weighted by atomic mass is 15.0. The van der Waals surface area contributed by atoms with Gasteiger partial charge in [-0.25, -0.2) is 0 Å². The minimum absolute atomic E-state index is 0.619. The van der Waals surface area contributed by atoms with Gasteiger partial charge in [0.15, 0.2) is 0 Å². The third kappa shape index (κ3) is 3.54. The Morgan fingerprint density at radius 2 is 1.52 bits per heavy atom. The summed E-state index contributed by atoms with van der Waals surface area (Å²) in [6.45, 7) is 3.79. The quantitative estimate of drug-likeness (QED) is 0.592. The lowest BCUT2D eigenvalue weighted by molar-refractivity contribution is -0.0786. The van der Waals surface area contributed by atoms with Crippen molar-refractivity contribution in [2.75, 3.05) is 20.6 Å². The van der Waals surface area contributed by atoms with E-state index in [9.17, 15) is 0 Å². The molecule has 1 nitrogen and oxygen atoms in total. The molecule has 0 saturated heterocycles. The molecule has 25 heavy (non-hydrogen) atoms. The summed E-state index contributed by atoms with van der Waals surface area (Å²) < 4.78 is 0. The van der Waals surface area contributed by atoms with E-state index in [1.165, 1.54) is 38.6 Å². The van der Waals surface area contributed by atoms with Crippen LogP contribution in [0.5, 0.6) is 0 Å². The van der Waals surface area contributed by atoms with Crippen LogP contribution < -0.4 is 0 Å². The SMILES string of the molecule is CC(CCCN(C)C)C(c1ccccc1)C12CC3CC(CC(C3)C1)C2. The molecule has 5 rings (SSSR count). The summed E-state index contributed by atoms with van der Waals surface area (Å²) in [5.74, 6) is 4.73. The first-order valence-corrected chi connectivity index (χ1v) is 10.8. The molecule has 4 aliphatic carbocycles. The maximum absolute atomic E-state index is 2.56. The van der Waals surface area contributed by atoms with Crippen LogP contribution in [0, 0.1) is 29.1 Å². The molecular formula is C24H37N. The van der Waals surface area contributed by atoms with Crippen molar-refractivity contribution in [1.29, 1.82) is 0 Å². The smallest absolute Gasteiger partial charge is 0.00247 e. The summed E-state index contributed by atoms with van der Waals surface area (Å²) in [7, 11) is 4.41. The normalized spacial score (nSPS) is 35.9. The van der Waals surface area contributed by atoms with Crippen LogP contribution in [0.25, 0.3) is 0 Å². The predicted octanol–water partition coefficient (Wildman–Crippen LogP) is 5.96. The number of hydrogen-bond donors (Lipinski definition) is 0. The molecule has 0 aromatic heterocycles. The molecule has 0 N–H and O–H groups in total. The van der Waals surface area contributed by atoms with E-state index in [1.54, 1.807) is 24.8 Å². The number of benzene rings is 1. The topological polar surface area (TPSA) is 3.24 Å². The first-order chi connectivity index (χ1) is 12.1. The van der Waals surface area contributed by atoms with Gasteiger partial charge in [0, 0.05) is 0 Å². The highest BCUT2D eigenvalue weighted by Crippen LogP contribution is 2.66. The second-order valence-electron chi connectivity index (χ2n) is 10.1. The highest BCUT2D eigenvalue weighted by molar-refractivity contribution is 5.25. The van der Waals surface area contributed by atoms with Gasteiger partial charge < -0.3 is 4.90 Å². The molecule has 0 spiro atoms. The lowest BCUT2D eigenvalue weighted by atomic mass is 9.44. The van der Waals surface area contributed by atoms with Crippen molar-refractivity contribution < 1.29 is 0 Å². The van der Waals surface area contributed by atoms with Gasteiger partial charge in [0.1, 0.15) is 0 Å². The molecule has 1 aromatic rings. The van der Waals surface area contributed by atoms with Crippen molar-refractivity contribution in [1.82, 2.24) is 4.90 Å². The Labute approximate surface area is 155 Å². The van der Waals surface area contributed by atoms with E-state index in [4.69, 9.17) is 0 Å². The van der Waals surface area contributed by atoms with E-state index in [0.29, 0.717) is 5.41 Å². The van der Waals surface area contributed by atoms with Gasteiger partial charge in [-0.1, -0.05) is 37.3 Å². The minimum atomic E-state index is 0.619. The van der Waals surface area contributed by atoms with Crippen LogP contribution in [0.1, 0.15) is 69.8 Å². The first-order valence-electron chi connectivity index (χ1n) is 10.8. The standard InChI is InChI=1S/C24H37N/c1-18(8-7-11-25(2)3)23(22-9-5-4-6-10-22)24-15-19-12-20(16-24)14-21(13-19)17-24/h4-6,9-10,18-21,23H,7-8,11-17H2,1-3H3. The van der Waals surface area contributed by atoms with Gasteiger partial charge in [0.2, 0.25) is 0 Å². The van der Waals surface area contributed by atoms with Crippen molar-refractivity contribution in [2.45, 2.75) is 64.2 Å². The van der Waals surface area contributed by atoms with E-state index in [-0.39, 0.29) is 0 Å². The molecule has 138 valence electrons. The Bertz CT molecular complexity index is 525. The van der Waals surface area contributed by atoms with E-state index < -0.39 is 0 Å². The molecular weight excluding hydrogens is 302 g/mol. The minimum Gasteiger partial charge on any atom is -0.309 e. The highest BCUT2D eigenvalue weighted by Gasteiger charge is 2.55. The summed E-state index contributed by atoms with van der Waals surface area (Å²) in [6, 6.07) is 11.6. The summed E-state index contributed by atoms with van der Waals surface area (Å²) in [6.07, 6.45) is 11.9. The van der Waals surface area contributed by atoms with Crippen LogP contribution in [-0.4, -0.2) is 25.5 Å². The van der Waals surface area contributed by atoms with Crippen molar-refractivity contribution in [2.24, 2.45) is 29.1 Å². The third-order valence-electron chi connectivity index (χ3n) is 7.74. The zero-order valence-electron chi connectivity index (χ0n) is 16.6. The van der Waals surface area contributed by atoms with E-state index in [1.807, 2.05) is 0 Å². The Balaban J connectivity index is 1.59. The average molecular weight is 340 g/mol. The van der Waals surface area contributed by atoms with Gasteiger partial charge in [-0.3, -0.25) is 0 Å². The van der Waals surface area contributed by atoms with Gasteiger partial charge in [0.25, 0.3) is 0 Å². The molecule has 4 saturated carbocycles. The fourth-order valence-corrected chi connectivity index (χ4v) is 7.40. The van der Waals surface area contributed by atoms with Crippen LogP contribution in [-0.2, 0) is 0 Å². The van der Waals surface area contributed by atoms with E-state index in [0.717, 1.165) is 29.6 Å². The molecule has 0 amide bonds. The average Bonchev–Trinajstić information content (AvgIpc) is 2.54. The summed E-state index contributed by atoms with van der Waals surface area (Å²) in [5, 5.41) is 0. The monoisotopic (exact) mass is 339 g/mol. The maximum Gasteiger partial charge on any atom is -0.00247 e. The molecule has 4 fully saturated rings. The van der Waals surface area contributed by atoms with Gasteiger partial charge in [0.05, 0.1) is 0 Å². The van der Waals surface area contributed by atoms with Gasteiger partial charge in [-0.2, -0.15) is 0 Å². The molecule has 2 unspecified atom stereocenters. The van der Waals surface area contributed by atoms with Gasteiger partial charge in [-0.15, -0.1) is 0 Å². The lowest BCUT2D eigenvalue weighted by Crippen LogP contribution is -2.50. The number of rotatable bonds is 7. The summed E-state index contributed by atoms with van der Waals surface area (Å²) in [4.78, 5) is 2.34. The molecule has 2 atom stereocenters. The Hall–Kier alpha value is -0.820. The summed E-state index contributed by atoms with van der Waals surface area (Å²) in [5.41, 5.74) is 2.26. The van der Waals surface area contributed by atoms with Crippen molar-refractivity contribution >= 4 is 0 Å². The molecule has 1 aromatic carbocycles. The summed E-state index contributed by atoms with van der Waals surface area (Å²) >= 11 is 0. The van der Waals surface area contributed by atoms with Crippen molar-refractivity contribution in [3.05, 3.63) is 35.9 Å². The Kier molecular flexibility index (Phi) is 4.97.